The van der Waals surface area contributed by atoms with Crippen LogP contribution in [0.25, 0.3) is 0 Å². The Labute approximate surface area is 224 Å². The number of amides is 2. The first-order valence-electron chi connectivity index (χ1n) is 12.1. The highest BCUT2D eigenvalue weighted by atomic mass is 19.1. The molecule has 0 spiro atoms. The second kappa shape index (κ2) is 11.2. The van der Waals surface area contributed by atoms with Gasteiger partial charge in [0, 0.05) is 24.3 Å². The van der Waals surface area contributed by atoms with E-state index in [0.717, 1.165) is 0 Å². The third-order valence-corrected chi connectivity index (χ3v) is 5.93. The van der Waals surface area contributed by atoms with Gasteiger partial charge >= 0.3 is 0 Å². The monoisotopic (exact) mass is 516 g/mol. The predicted molar refractivity (Wildman–Crippen MR) is 144 cm³/mol. The van der Waals surface area contributed by atoms with Crippen molar-refractivity contribution in [2.45, 2.75) is 12.8 Å². The van der Waals surface area contributed by atoms with Gasteiger partial charge in [0.15, 0.2) is 5.82 Å². The maximum Gasteiger partial charge on any atom is 0.261 e. The smallest absolute Gasteiger partial charge is 0.261 e. The van der Waals surface area contributed by atoms with Crippen LogP contribution in [0.1, 0.15) is 44.7 Å². The number of hydrogen-bond donors (Lipinski definition) is 2. The zero-order valence-corrected chi connectivity index (χ0v) is 20.6. The van der Waals surface area contributed by atoms with E-state index in [1.165, 1.54) is 17.0 Å². The number of benzene rings is 3. The SMILES string of the molecule is N#Cc1ccc(Nc2nc(Nc3cccc(F)c3)ncc2C#CCCCN2C(=O)c3ccccc3C2=O)cc1. The minimum Gasteiger partial charge on any atom is -0.339 e. The number of aromatic nitrogens is 2. The van der Waals surface area contributed by atoms with Gasteiger partial charge in [0.1, 0.15) is 5.82 Å². The number of nitrogens with zero attached hydrogens (tertiary/aromatic N) is 4. The summed E-state index contributed by atoms with van der Waals surface area (Å²) < 4.78 is 13.6. The third kappa shape index (κ3) is 5.74. The summed E-state index contributed by atoms with van der Waals surface area (Å²) in [6, 6.07) is 21.7. The number of rotatable bonds is 7. The van der Waals surface area contributed by atoms with Gasteiger partial charge in [-0.05, 0) is 61.0 Å². The van der Waals surface area contributed by atoms with E-state index in [2.05, 4.69) is 38.5 Å². The van der Waals surface area contributed by atoms with Gasteiger partial charge in [0.25, 0.3) is 11.8 Å². The molecule has 0 aliphatic carbocycles. The molecule has 2 N–H and O–H groups in total. The minimum atomic E-state index is -0.389. The molecule has 39 heavy (non-hydrogen) atoms. The van der Waals surface area contributed by atoms with Crippen LogP contribution in [0.3, 0.4) is 0 Å². The number of fused-ring (bicyclic) bond motifs is 1. The van der Waals surface area contributed by atoms with E-state index in [-0.39, 0.29) is 30.1 Å². The van der Waals surface area contributed by atoms with Gasteiger partial charge < -0.3 is 10.6 Å². The molecule has 0 unspecified atom stereocenters. The first kappa shape index (κ1) is 25.1. The van der Waals surface area contributed by atoms with Crippen molar-refractivity contribution in [3.63, 3.8) is 0 Å². The average molecular weight is 517 g/mol. The van der Waals surface area contributed by atoms with Gasteiger partial charge in [0.2, 0.25) is 5.95 Å². The minimum absolute atomic E-state index is 0.243. The fourth-order valence-electron chi connectivity index (χ4n) is 4.01. The van der Waals surface area contributed by atoms with Gasteiger partial charge in [0.05, 0.1) is 34.5 Å². The van der Waals surface area contributed by atoms with Crippen molar-refractivity contribution in [2.75, 3.05) is 17.2 Å². The number of nitrogens with one attached hydrogen (secondary N) is 2. The van der Waals surface area contributed by atoms with E-state index in [9.17, 15) is 14.0 Å². The van der Waals surface area contributed by atoms with Gasteiger partial charge in [-0.3, -0.25) is 14.5 Å². The lowest BCUT2D eigenvalue weighted by molar-refractivity contribution is 0.0653. The number of carbonyl (C=O) groups is 2. The molecule has 0 bridgehead atoms. The summed E-state index contributed by atoms with van der Waals surface area (Å²) in [4.78, 5) is 35.1. The summed E-state index contributed by atoms with van der Waals surface area (Å²) in [5.41, 5.74) is 3.08. The van der Waals surface area contributed by atoms with Crippen LogP contribution in [0, 0.1) is 29.0 Å². The molecule has 5 rings (SSSR count). The maximum atomic E-state index is 13.6. The molecule has 0 radical (unpaired) electrons. The topological polar surface area (TPSA) is 111 Å². The molecule has 2 amide bonds. The summed E-state index contributed by atoms with van der Waals surface area (Å²) >= 11 is 0. The Morgan fingerprint density at radius 2 is 1.64 bits per heavy atom. The molecule has 9 heteroatoms. The van der Waals surface area contributed by atoms with Crippen LogP contribution in [0.2, 0.25) is 0 Å². The van der Waals surface area contributed by atoms with Crippen LogP contribution in [0.4, 0.5) is 27.5 Å². The van der Waals surface area contributed by atoms with Crippen LogP contribution in [0.15, 0.2) is 79.0 Å². The van der Waals surface area contributed by atoms with Gasteiger partial charge in [-0.1, -0.05) is 30.0 Å². The molecule has 3 aromatic carbocycles. The molecule has 1 aliphatic rings. The van der Waals surface area contributed by atoms with E-state index < -0.39 is 0 Å². The molecule has 0 saturated carbocycles. The van der Waals surface area contributed by atoms with Crippen molar-refractivity contribution in [1.29, 1.82) is 5.26 Å². The predicted octanol–water partition coefficient (Wildman–Crippen LogP) is 5.40. The summed E-state index contributed by atoms with van der Waals surface area (Å²) in [7, 11) is 0. The fourth-order valence-corrected chi connectivity index (χ4v) is 4.01. The summed E-state index contributed by atoms with van der Waals surface area (Å²) in [6.07, 6.45) is 2.50. The lowest BCUT2D eigenvalue weighted by Gasteiger charge is -2.12. The first-order valence-corrected chi connectivity index (χ1v) is 12.1. The van der Waals surface area contributed by atoms with E-state index in [0.29, 0.717) is 52.3 Å². The van der Waals surface area contributed by atoms with Crippen LogP contribution >= 0.6 is 0 Å². The molecule has 0 atom stereocenters. The zero-order valence-electron chi connectivity index (χ0n) is 20.6. The molecule has 190 valence electrons. The van der Waals surface area contributed by atoms with Gasteiger partial charge in [-0.25, -0.2) is 9.37 Å². The van der Waals surface area contributed by atoms with Crippen molar-refractivity contribution in [2.24, 2.45) is 0 Å². The summed E-state index contributed by atoms with van der Waals surface area (Å²) in [5, 5.41) is 15.2. The van der Waals surface area contributed by atoms with Crippen LogP contribution in [0.5, 0.6) is 0 Å². The van der Waals surface area contributed by atoms with E-state index in [1.54, 1.807) is 66.9 Å². The molecular weight excluding hydrogens is 495 g/mol. The van der Waals surface area contributed by atoms with Crippen molar-refractivity contribution < 1.29 is 14.0 Å². The Morgan fingerprint density at radius 3 is 2.33 bits per heavy atom. The summed E-state index contributed by atoms with van der Waals surface area (Å²) in [5.74, 6) is 5.82. The average Bonchev–Trinajstić information content (AvgIpc) is 3.19. The quantitative estimate of drug-likeness (QED) is 0.192. The van der Waals surface area contributed by atoms with E-state index >= 15 is 0 Å². The van der Waals surface area contributed by atoms with Crippen LogP contribution in [-0.4, -0.2) is 33.2 Å². The van der Waals surface area contributed by atoms with Gasteiger partial charge in [-0.2, -0.15) is 10.2 Å². The van der Waals surface area contributed by atoms with Crippen molar-refractivity contribution in [3.05, 3.63) is 107 Å². The molecule has 4 aromatic rings. The number of anilines is 4. The number of hydrogen-bond acceptors (Lipinski definition) is 7. The Hall–Kier alpha value is -5.54. The molecule has 8 nitrogen and oxygen atoms in total. The second-order valence-corrected chi connectivity index (χ2v) is 8.62. The number of unbranched alkanes of at least 4 members (excludes halogenated alkanes) is 1. The standard InChI is InChI=1S/C30H21FN6O2/c31-22-8-6-9-24(17-22)35-30-33-19-21(27(36-30)34-23-14-12-20(18-32)13-15-23)7-2-1-5-16-37-28(38)25-10-3-4-11-26(25)29(37)39/h3-4,6,8-15,17,19H,1,5,16H2,(H2,33,34,35,36). The van der Waals surface area contributed by atoms with Crippen molar-refractivity contribution >= 4 is 35.0 Å². The molecule has 2 heterocycles. The Bertz CT molecular complexity index is 1630. The zero-order chi connectivity index (χ0) is 27.2. The fraction of sp³-hybridized carbons (Fsp3) is 0.100. The lowest BCUT2D eigenvalue weighted by Crippen LogP contribution is -2.30. The Kier molecular flexibility index (Phi) is 7.24. The largest absolute Gasteiger partial charge is 0.339 e. The number of carbonyl (C=O) groups excluding carboxylic acids is 2. The first-order chi connectivity index (χ1) is 19.0. The second-order valence-electron chi connectivity index (χ2n) is 8.62. The number of halogens is 1. The van der Waals surface area contributed by atoms with Crippen LogP contribution in [-0.2, 0) is 0 Å². The highest BCUT2D eigenvalue weighted by molar-refractivity contribution is 6.21. The molecule has 1 aliphatic heterocycles. The Morgan fingerprint density at radius 1 is 0.897 bits per heavy atom. The van der Waals surface area contributed by atoms with Crippen molar-refractivity contribution in [3.8, 4) is 17.9 Å². The maximum absolute atomic E-state index is 13.6. The van der Waals surface area contributed by atoms with Crippen LogP contribution < -0.4 is 10.6 Å². The molecular formula is C30H21FN6O2. The molecule has 1 aromatic heterocycles. The number of nitriles is 1. The Balaban J connectivity index is 1.30. The highest BCUT2D eigenvalue weighted by Crippen LogP contribution is 2.24. The number of imide groups is 1. The molecule has 0 fully saturated rings. The lowest BCUT2D eigenvalue weighted by atomic mass is 10.1. The summed E-state index contributed by atoms with van der Waals surface area (Å²) in [6.45, 7) is 0.268. The third-order valence-electron chi connectivity index (χ3n) is 5.93. The molecule has 0 saturated heterocycles. The van der Waals surface area contributed by atoms with E-state index in [1.807, 2.05) is 0 Å². The highest BCUT2D eigenvalue weighted by Gasteiger charge is 2.34. The van der Waals surface area contributed by atoms with E-state index in [4.69, 9.17) is 5.26 Å². The van der Waals surface area contributed by atoms with Gasteiger partial charge in [-0.15, -0.1) is 0 Å². The van der Waals surface area contributed by atoms with Crippen molar-refractivity contribution in [1.82, 2.24) is 14.9 Å². The normalized spacial score (nSPS) is 11.8.